The van der Waals surface area contributed by atoms with Crippen LogP contribution in [0.25, 0.3) is 0 Å². The van der Waals surface area contributed by atoms with Gasteiger partial charge < -0.3 is 10.6 Å². The van der Waals surface area contributed by atoms with E-state index in [2.05, 4.69) is 23.7 Å². The van der Waals surface area contributed by atoms with Crippen molar-refractivity contribution in [1.29, 1.82) is 0 Å². The van der Waals surface area contributed by atoms with Crippen molar-refractivity contribution >= 4 is 34.9 Å². The Balaban J connectivity index is 2.22. The first-order chi connectivity index (χ1) is 7.54. The molecule has 0 radical (unpaired) electrons. The molecular weight excluding hydrogens is 242 g/mol. The summed E-state index contributed by atoms with van der Waals surface area (Å²) in [6, 6.07) is 3.57. The number of hydrogen-bond acceptors (Lipinski definition) is 4. The summed E-state index contributed by atoms with van der Waals surface area (Å²) < 4.78 is 0. The predicted molar refractivity (Wildman–Crippen MR) is 72.4 cm³/mol. The van der Waals surface area contributed by atoms with Gasteiger partial charge in [-0.25, -0.2) is 4.98 Å². The monoisotopic (exact) mass is 257 g/mol. The summed E-state index contributed by atoms with van der Waals surface area (Å²) in [5, 5.41) is 1.70. The van der Waals surface area contributed by atoms with Crippen molar-refractivity contribution in [1.82, 2.24) is 4.98 Å². The van der Waals surface area contributed by atoms with E-state index in [4.69, 9.17) is 17.3 Å². The molecule has 3 nitrogen and oxygen atoms in total. The van der Waals surface area contributed by atoms with Gasteiger partial charge in [0.2, 0.25) is 0 Å². The van der Waals surface area contributed by atoms with Gasteiger partial charge in [-0.15, -0.1) is 0 Å². The molecule has 1 aromatic heterocycles. The Hall–Kier alpha value is -0.610. The van der Waals surface area contributed by atoms with Crippen molar-refractivity contribution < 1.29 is 0 Å². The van der Waals surface area contributed by atoms with Crippen LogP contribution in [0.15, 0.2) is 12.1 Å². The van der Waals surface area contributed by atoms with E-state index in [9.17, 15) is 0 Å². The third-order valence-corrected chi connectivity index (χ3v) is 3.97. The SMILES string of the molecule is CC1CN(c2cc(N)cc(Cl)n2)CC(C)S1. The number of rotatable bonds is 1. The third kappa shape index (κ3) is 2.74. The Kier molecular flexibility index (Phi) is 3.50. The van der Waals surface area contributed by atoms with Crippen molar-refractivity contribution in [3.8, 4) is 0 Å². The molecule has 2 N–H and O–H groups in total. The first-order valence-corrected chi connectivity index (χ1v) is 6.70. The van der Waals surface area contributed by atoms with Gasteiger partial charge in [-0.05, 0) is 6.07 Å². The Morgan fingerprint density at radius 2 is 2.00 bits per heavy atom. The molecule has 2 atom stereocenters. The maximum atomic E-state index is 5.92. The normalized spacial score (nSPS) is 25.8. The summed E-state index contributed by atoms with van der Waals surface area (Å²) in [7, 11) is 0. The lowest BCUT2D eigenvalue weighted by molar-refractivity contribution is 0.719. The van der Waals surface area contributed by atoms with Crippen LogP contribution in [0.2, 0.25) is 5.15 Å². The van der Waals surface area contributed by atoms with Gasteiger partial charge in [-0.1, -0.05) is 25.4 Å². The molecule has 0 aliphatic carbocycles. The van der Waals surface area contributed by atoms with E-state index in [0.717, 1.165) is 18.9 Å². The molecule has 2 unspecified atom stereocenters. The molecule has 5 heteroatoms. The van der Waals surface area contributed by atoms with Crippen molar-refractivity contribution in [3.63, 3.8) is 0 Å². The van der Waals surface area contributed by atoms with E-state index < -0.39 is 0 Å². The second-order valence-electron chi connectivity index (χ2n) is 4.24. The maximum absolute atomic E-state index is 5.92. The Morgan fingerprint density at radius 1 is 1.38 bits per heavy atom. The van der Waals surface area contributed by atoms with Crippen LogP contribution >= 0.6 is 23.4 Å². The van der Waals surface area contributed by atoms with Gasteiger partial charge in [0.1, 0.15) is 11.0 Å². The van der Waals surface area contributed by atoms with Crippen LogP contribution in [0.5, 0.6) is 0 Å². The minimum atomic E-state index is 0.466. The minimum absolute atomic E-state index is 0.466. The lowest BCUT2D eigenvalue weighted by Gasteiger charge is -2.35. The molecular formula is C11H16ClN3S. The van der Waals surface area contributed by atoms with E-state index in [-0.39, 0.29) is 0 Å². The molecule has 16 heavy (non-hydrogen) atoms. The summed E-state index contributed by atoms with van der Waals surface area (Å²) in [6.07, 6.45) is 0. The molecule has 0 aromatic carbocycles. The highest BCUT2D eigenvalue weighted by molar-refractivity contribution is 8.00. The number of hydrogen-bond donors (Lipinski definition) is 1. The summed E-state index contributed by atoms with van der Waals surface area (Å²) in [5.41, 5.74) is 6.45. The van der Waals surface area contributed by atoms with Gasteiger partial charge in [-0.2, -0.15) is 11.8 Å². The zero-order valence-electron chi connectivity index (χ0n) is 9.48. The Bertz CT molecular complexity index is 355. The van der Waals surface area contributed by atoms with Crippen LogP contribution in [0, 0.1) is 0 Å². The minimum Gasteiger partial charge on any atom is -0.399 e. The summed E-state index contributed by atoms with van der Waals surface area (Å²) in [6.45, 7) is 6.48. The molecule has 1 aliphatic rings. The standard InChI is InChI=1S/C11H16ClN3S/c1-7-5-15(6-8(2)16-7)11-4-9(13)3-10(12)14-11/h3-4,7-8H,5-6H2,1-2H3,(H2,13,14). The van der Waals surface area contributed by atoms with Crippen LogP contribution < -0.4 is 10.6 Å². The van der Waals surface area contributed by atoms with Crippen LogP contribution in [0.1, 0.15) is 13.8 Å². The van der Waals surface area contributed by atoms with Gasteiger partial charge in [0, 0.05) is 35.3 Å². The average Bonchev–Trinajstić information content (AvgIpc) is 2.14. The fourth-order valence-corrected chi connectivity index (χ4v) is 3.57. The zero-order chi connectivity index (χ0) is 11.7. The second-order valence-corrected chi connectivity index (χ2v) is 6.51. The van der Waals surface area contributed by atoms with Gasteiger partial charge in [0.05, 0.1) is 0 Å². The highest BCUT2D eigenvalue weighted by Gasteiger charge is 2.23. The maximum Gasteiger partial charge on any atom is 0.133 e. The van der Waals surface area contributed by atoms with Gasteiger partial charge in [-0.3, -0.25) is 0 Å². The Labute approximate surface area is 105 Å². The number of halogens is 1. The quantitative estimate of drug-likeness (QED) is 0.786. The van der Waals surface area contributed by atoms with E-state index in [1.54, 1.807) is 6.07 Å². The summed E-state index contributed by atoms with van der Waals surface area (Å²) in [4.78, 5) is 6.59. The van der Waals surface area contributed by atoms with E-state index >= 15 is 0 Å². The largest absolute Gasteiger partial charge is 0.399 e. The van der Waals surface area contributed by atoms with Crippen molar-refractivity contribution in [3.05, 3.63) is 17.3 Å². The smallest absolute Gasteiger partial charge is 0.133 e. The first-order valence-electron chi connectivity index (χ1n) is 5.38. The predicted octanol–water partition coefficient (Wildman–Crippen LogP) is 2.65. The number of nitrogen functional groups attached to an aromatic ring is 1. The van der Waals surface area contributed by atoms with Crippen LogP contribution in [-0.2, 0) is 0 Å². The third-order valence-electron chi connectivity index (χ3n) is 2.55. The van der Waals surface area contributed by atoms with Crippen LogP contribution in [-0.4, -0.2) is 28.6 Å². The number of nitrogens with zero attached hydrogens (tertiary/aromatic N) is 2. The summed E-state index contributed by atoms with van der Waals surface area (Å²) >= 11 is 7.93. The fourth-order valence-electron chi connectivity index (χ4n) is 2.03. The lowest BCUT2D eigenvalue weighted by Crippen LogP contribution is -2.40. The van der Waals surface area contributed by atoms with Crippen LogP contribution in [0.4, 0.5) is 11.5 Å². The molecule has 2 rings (SSSR count). The second kappa shape index (κ2) is 4.72. The molecule has 1 aromatic rings. The number of nitrogens with two attached hydrogens (primary N) is 1. The van der Waals surface area contributed by atoms with Gasteiger partial charge in [0.15, 0.2) is 0 Å². The molecule has 0 saturated carbocycles. The molecule has 1 saturated heterocycles. The first kappa shape index (κ1) is 11.9. The topological polar surface area (TPSA) is 42.1 Å². The van der Waals surface area contributed by atoms with Crippen molar-refractivity contribution in [2.24, 2.45) is 0 Å². The molecule has 0 spiro atoms. The van der Waals surface area contributed by atoms with E-state index in [1.807, 2.05) is 17.8 Å². The average molecular weight is 258 g/mol. The number of thioether (sulfide) groups is 1. The fraction of sp³-hybridized carbons (Fsp3) is 0.545. The summed E-state index contributed by atoms with van der Waals surface area (Å²) in [5.74, 6) is 0.893. The van der Waals surface area contributed by atoms with Gasteiger partial charge >= 0.3 is 0 Å². The van der Waals surface area contributed by atoms with Gasteiger partial charge in [0.25, 0.3) is 0 Å². The van der Waals surface area contributed by atoms with Crippen molar-refractivity contribution in [2.75, 3.05) is 23.7 Å². The molecule has 2 heterocycles. The number of aromatic nitrogens is 1. The highest BCUT2D eigenvalue weighted by atomic mass is 35.5. The molecule has 1 fully saturated rings. The molecule has 0 amide bonds. The number of pyridine rings is 1. The van der Waals surface area contributed by atoms with E-state index in [1.165, 1.54) is 0 Å². The molecule has 0 bridgehead atoms. The Morgan fingerprint density at radius 3 is 2.56 bits per heavy atom. The van der Waals surface area contributed by atoms with E-state index in [0.29, 0.717) is 21.3 Å². The number of anilines is 2. The van der Waals surface area contributed by atoms with Crippen molar-refractivity contribution in [2.45, 2.75) is 24.3 Å². The zero-order valence-corrected chi connectivity index (χ0v) is 11.1. The highest BCUT2D eigenvalue weighted by Crippen LogP contribution is 2.29. The molecule has 1 aliphatic heterocycles. The van der Waals surface area contributed by atoms with Crippen LogP contribution in [0.3, 0.4) is 0 Å². The molecule has 88 valence electrons. The lowest BCUT2D eigenvalue weighted by atomic mass is 10.3.